The number of hydrogen-bond acceptors (Lipinski definition) is 6. The van der Waals surface area contributed by atoms with Gasteiger partial charge in [0.2, 0.25) is 0 Å². The highest BCUT2D eigenvalue weighted by atomic mass is 32.2. The summed E-state index contributed by atoms with van der Waals surface area (Å²) >= 11 is 1.81. The summed E-state index contributed by atoms with van der Waals surface area (Å²) in [6.45, 7) is 3.95. The van der Waals surface area contributed by atoms with E-state index in [4.69, 9.17) is 10.3 Å². The van der Waals surface area contributed by atoms with Crippen LogP contribution in [0.5, 0.6) is 0 Å². The smallest absolute Gasteiger partial charge is 0.466 e. The first-order chi connectivity index (χ1) is 12.0. The first kappa shape index (κ1) is 21.2. The van der Waals surface area contributed by atoms with Gasteiger partial charge < -0.3 is 10.5 Å². The van der Waals surface area contributed by atoms with Gasteiger partial charge in [0.15, 0.2) is 5.76 Å². The molecule has 1 unspecified atom stereocenters. The highest BCUT2D eigenvalue weighted by Crippen LogP contribution is 2.22. The van der Waals surface area contributed by atoms with Crippen LogP contribution >= 0.6 is 19.9 Å². The van der Waals surface area contributed by atoms with Gasteiger partial charge in [-0.2, -0.15) is 0 Å². The van der Waals surface area contributed by atoms with Crippen LogP contribution in [0.1, 0.15) is 25.8 Å². The quantitative estimate of drug-likeness (QED) is 0.209. The van der Waals surface area contributed by atoms with E-state index in [2.05, 4.69) is 16.7 Å². The Bertz CT molecular complexity index is 645. The predicted molar refractivity (Wildman–Crippen MR) is 102 cm³/mol. The largest absolute Gasteiger partial charge is 0.663 e. The van der Waals surface area contributed by atoms with Gasteiger partial charge in [0.25, 0.3) is 0 Å². The third kappa shape index (κ3) is 8.72. The molecule has 0 radical (unpaired) electrons. The number of carbonyl (C=O) groups is 1. The fourth-order valence-corrected chi connectivity index (χ4v) is 3.11. The summed E-state index contributed by atoms with van der Waals surface area (Å²) in [6, 6.07) is 8.00. The Labute approximate surface area is 153 Å². The molecule has 0 heterocycles. The molecule has 0 fully saturated rings. The molecule has 0 aliphatic carbocycles. The molecule has 3 N–H and O–H groups in total. The Morgan fingerprint density at radius 3 is 2.64 bits per heavy atom. The van der Waals surface area contributed by atoms with Crippen LogP contribution in [0.3, 0.4) is 0 Å². The van der Waals surface area contributed by atoms with Crippen molar-refractivity contribution in [1.82, 2.24) is 5.09 Å². The lowest BCUT2D eigenvalue weighted by Crippen LogP contribution is -2.07. The van der Waals surface area contributed by atoms with Gasteiger partial charge in [0.05, 0.1) is 19.7 Å². The van der Waals surface area contributed by atoms with Crippen molar-refractivity contribution in [3.05, 3.63) is 47.7 Å². The summed E-state index contributed by atoms with van der Waals surface area (Å²) < 4.78 is 21.2. The standard InChI is InChI=1S/C17H24N2O4PS/c1-4-11-25-15-7-5-14(6-8-15)16(18)9-10-19-24(21)23-13(2)12-17(20)22-3/h5-9,12H,4,10-11,18H2,1-3H3,(H,19,21)/q+1. The average molecular weight is 383 g/mol. The van der Waals surface area contributed by atoms with Crippen molar-refractivity contribution >= 4 is 31.6 Å². The average Bonchev–Trinajstić information content (AvgIpc) is 2.59. The summed E-state index contributed by atoms with van der Waals surface area (Å²) in [5.41, 5.74) is 7.51. The van der Waals surface area contributed by atoms with Gasteiger partial charge in [-0.3, -0.25) is 0 Å². The molecule has 0 amide bonds. The van der Waals surface area contributed by atoms with Gasteiger partial charge in [-0.1, -0.05) is 24.1 Å². The van der Waals surface area contributed by atoms with Gasteiger partial charge in [0.1, 0.15) is 0 Å². The lowest BCUT2D eigenvalue weighted by atomic mass is 10.1. The lowest BCUT2D eigenvalue weighted by molar-refractivity contribution is -0.135. The van der Waals surface area contributed by atoms with Crippen LogP contribution in [0.15, 0.2) is 47.1 Å². The molecule has 0 aromatic heterocycles. The van der Waals surface area contributed by atoms with Gasteiger partial charge >= 0.3 is 14.1 Å². The molecule has 0 spiro atoms. The van der Waals surface area contributed by atoms with Crippen molar-refractivity contribution < 1.29 is 18.6 Å². The van der Waals surface area contributed by atoms with E-state index < -0.39 is 14.1 Å². The summed E-state index contributed by atoms with van der Waals surface area (Å²) in [5, 5.41) is 2.68. The Morgan fingerprint density at radius 2 is 2.04 bits per heavy atom. The zero-order chi connectivity index (χ0) is 18.7. The zero-order valence-electron chi connectivity index (χ0n) is 14.7. The summed E-state index contributed by atoms with van der Waals surface area (Å²) in [4.78, 5) is 12.2. The Balaban J connectivity index is 2.48. The van der Waals surface area contributed by atoms with E-state index in [1.807, 2.05) is 36.0 Å². The van der Waals surface area contributed by atoms with E-state index >= 15 is 0 Å². The van der Waals surface area contributed by atoms with Crippen molar-refractivity contribution in [2.24, 2.45) is 5.73 Å². The first-order valence-corrected chi connectivity index (χ1v) is 9.96. The molecule has 25 heavy (non-hydrogen) atoms. The van der Waals surface area contributed by atoms with Crippen LogP contribution in [0.4, 0.5) is 0 Å². The molecular weight excluding hydrogens is 359 g/mol. The molecule has 0 bridgehead atoms. The maximum atomic E-state index is 11.7. The molecule has 1 aromatic carbocycles. The van der Waals surface area contributed by atoms with Gasteiger partial charge in [-0.25, -0.2) is 9.32 Å². The number of carbonyl (C=O) groups excluding carboxylic acids is 1. The molecule has 136 valence electrons. The van der Waals surface area contributed by atoms with Crippen LogP contribution in [-0.2, 0) is 18.6 Å². The third-order valence-electron chi connectivity index (χ3n) is 2.95. The third-order valence-corrected chi connectivity index (χ3v) is 5.06. The van der Waals surface area contributed by atoms with Crippen LogP contribution in [0.25, 0.3) is 5.70 Å². The molecule has 1 aromatic rings. The van der Waals surface area contributed by atoms with E-state index in [1.165, 1.54) is 18.9 Å². The minimum atomic E-state index is -2.15. The van der Waals surface area contributed by atoms with E-state index in [0.717, 1.165) is 23.8 Å². The predicted octanol–water partition coefficient (Wildman–Crippen LogP) is 3.83. The van der Waals surface area contributed by atoms with Crippen molar-refractivity contribution in [3.8, 4) is 0 Å². The number of nitrogens with one attached hydrogen (secondary N) is 1. The number of thioether (sulfide) groups is 1. The number of hydrogen-bond donors (Lipinski definition) is 2. The molecule has 0 aliphatic heterocycles. The molecule has 0 saturated heterocycles. The molecule has 1 rings (SSSR count). The van der Waals surface area contributed by atoms with Gasteiger partial charge in [0, 0.05) is 15.2 Å². The summed E-state index contributed by atoms with van der Waals surface area (Å²) in [5.74, 6) is 0.731. The minimum Gasteiger partial charge on any atom is -0.466 e. The maximum Gasteiger partial charge on any atom is 0.663 e. The Hall–Kier alpha value is -1.82. The van der Waals surface area contributed by atoms with Crippen LogP contribution in [0, 0.1) is 0 Å². The van der Waals surface area contributed by atoms with Crippen molar-refractivity contribution in [2.75, 3.05) is 19.4 Å². The molecule has 0 saturated carbocycles. The monoisotopic (exact) mass is 383 g/mol. The zero-order valence-corrected chi connectivity index (χ0v) is 16.4. The van der Waals surface area contributed by atoms with E-state index in [1.54, 1.807) is 6.08 Å². The van der Waals surface area contributed by atoms with Crippen molar-refractivity contribution in [2.45, 2.75) is 25.2 Å². The fourth-order valence-electron chi connectivity index (χ4n) is 1.73. The number of allylic oxidation sites excluding steroid dienone is 1. The number of esters is 1. The number of ether oxygens (including phenoxy) is 1. The summed E-state index contributed by atoms with van der Waals surface area (Å²) in [6.07, 6.45) is 3.98. The number of rotatable bonds is 10. The first-order valence-electron chi connectivity index (χ1n) is 7.80. The van der Waals surface area contributed by atoms with E-state index in [0.29, 0.717) is 5.70 Å². The van der Waals surface area contributed by atoms with Crippen molar-refractivity contribution in [3.63, 3.8) is 0 Å². The topological polar surface area (TPSA) is 90.6 Å². The number of nitrogens with two attached hydrogens (primary N) is 1. The second-order valence-electron chi connectivity index (χ2n) is 5.02. The second kappa shape index (κ2) is 11.7. The van der Waals surface area contributed by atoms with Gasteiger partial charge in [-0.15, -0.1) is 11.8 Å². The normalized spacial score (nSPS) is 12.7. The molecular formula is C17H24N2O4PS+. The lowest BCUT2D eigenvalue weighted by Gasteiger charge is -2.04. The van der Waals surface area contributed by atoms with E-state index in [-0.39, 0.29) is 12.3 Å². The SMILES string of the molecule is CCCSc1ccc(C(N)=CCN[P+](=O)OC(C)=CC(=O)OC)cc1. The maximum absolute atomic E-state index is 11.7. The highest BCUT2D eigenvalue weighted by Gasteiger charge is 2.18. The van der Waals surface area contributed by atoms with Crippen LogP contribution in [-0.4, -0.2) is 25.4 Å². The van der Waals surface area contributed by atoms with Crippen molar-refractivity contribution in [1.29, 1.82) is 0 Å². The fraction of sp³-hybridized carbons (Fsp3) is 0.353. The van der Waals surface area contributed by atoms with Crippen LogP contribution < -0.4 is 10.8 Å². The van der Waals surface area contributed by atoms with Gasteiger partial charge in [-0.05, 0) is 42.9 Å². The Morgan fingerprint density at radius 1 is 1.36 bits per heavy atom. The van der Waals surface area contributed by atoms with E-state index in [9.17, 15) is 9.36 Å². The molecule has 8 heteroatoms. The molecule has 1 atom stereocenters. The molecule has 6 nitrogen and oxygen atoms in total. The Kier molecular flexibility index (Phi) is 9.92. The number of benzene rings is 1. The minimum absolute atomic E-state index is 0.206. The highest BCUT2D eigenvalue weighted by molar-refractivity contribution is 7.99. The molecule has 0 aliphatic rings. The summed E-state index contributed by atoms with van der Waals surface area (Å²) in [7, 11) is -0.890. The number of methoxy groups -OCH3 is 1. The second-order valence-corrected chi connectivity index (χ2v) is 7.20. The van der Waals surface area contributed by atoms with Crippen LogP contribution in [0.2, 0.25) is 0 Å².